The van der Waals surface area contributed by atoms with E-state index in [1.165, 1.54) is 12.8 Å². The number of aromatic amines is 1. The maximum absolute atomic E-state index is 12.2. The van der Waals surface area contributed by atoms with Gasteiger partial charge < -0.3 is 16.0 Å². The molecule has 1 aromatic heterocycles. The van der Waals surface area contributed by atoms with E-state index in [4.69, 9.17) is 5.73 Å². The third-order valence-electron chi connectivity index (χ3n) is 3.78. The molecule has 1 amide bonds. The van der Waals surface area contributed by atoms with E-state index in [1.807, 2.05) is 18.2 Å². The lowest BCUT2D eigenvalue weighted by molar-refractivity contribution is 0.102. The minimum absolute atomic E-state index is 0.235. The molecule has 4 N–H and O–H groups in total. The Labute approximate surface area is 123 Å². The van der Waals surface area contributed by atoms with Crippen LogP contribution in [0.25, 0.3) is 0 Å². The van der Waals surface area contributed by atoms with Crippen LogP contribution >= 0.6 is 0 Å². The Kier molecular flexibility index (Phi) is 3.51. The zero-order chi connectivity index (χ0) is 14.8. The molecule has 3 rings (SSSR count). The maximum atomic E-state index is 12.2. The van der Waals surface area contributed by atoms with Gasteiger partial charge in [-0.2, -0.15) is 5.10 Å². The van der Waals surface area contributed by atoms with E-state index in [1.54, 1.807) is 6.92 Å². The van der Waals surface area contributed by atoms with Crippen molar-refractivity contribution >= 4 is 23.0 Å². The largest absolute Gasteiger partial charge is 0.395 e. The number of amides is 1. The molecule has 0 radical (unpaired) electrons. The SMILES string of the molecule is Cc1[nH]nc(C(=O)Nc2cccc(N3CCCC3)c2)c1N. The predicted octanol–water partition coefficient (Wildman–Crippen LogP) is 2.15. The van der Waals surface area contributed by atoms with E-state index in [-0.39, 0.29) is 11.6 Å². The normalized spacial score (nSPS) is 14.4. The smallest absolute Gasteiger partial charge is 0.278 e. The number of aryl methyl sites for hydroxylation is 1. The van der Waals surface area contributed by atoms with Gasteiger partial charge in [0.05, 0.1) is 11.4 Å². The molecule has 2 heterocycles. The molecule has 1 aromatic carbocycles. The molecular weight excluding hydrogens is 266 g/mol. The van der Waals surface area contributed by atoms with Crippen LogP contribution in [0, 0.1) is 6.92 Å². The molecule has 1 saturated heterocycles. The van der Waals surface area contributed by atoms with Crippen LogP contribution in [0.4, 0.5) is 17.1 Å². The number of carbonyl (C=O) groups excluding carboxylic acids is 1. The predicted molar refractivity (Wildman–Crippen MR) is 83.6 cm³/mol. The topological polar surface area (TPSA) is 87.0 Å². The number of aromatic nitrogens is 2. The minimum Gasteiger partial charge on any atom is -0.395 e. The molecule has 1 aliphatic rings. The number of nitrogens with zero attached hydrogens (tertiary/aromatic N) is 2. The summed E-state index contributed by atoms with van der Waals surface area (Å²) in [6, 6.07) is 7.86. The molecule has 0 aliphatic carbocycles. The van der Waals surface area contributed by atoms with Gasteiger partial charge in [0.1, 0.15) is 0 Å². The summed E-state index contributed by atoms with van der Waals surface area (Å²) < 4.78 is 0. The number of carbonyl (C=O) groups is 1. The lowest BCUT2D eigenvalue weighted by atomic mass is 10.2. The second-order valence-electron chi connectivity index (χ2n) is 5.31. The first-order valence-electron chi connectivity index (χ1n) is 7.12. The number of H-pyrrole nitrogens is 1. The van der Waals surface area contributed by atoms with E-state index in [0.29, 0.717) is 11.4 Å². The van der Waals surface area contributed by atoms with Crippen molar-refractivity contribution in [3.8, 4) is 0 Å². The van der Waals surface area contributed by atoms with E-state index < -0.39 is 0 Å². The third-order valence-corrected chi connectivity index (χ3v) is 3.78. The molecule has 0 saturated carbocycles. The summed E-state index contributed by atoms with van der Waals surface area (Å²) in [5, 5.41) is 9.50. The van der Waals surface area contributed by atoms with Gasteiger partial charge in [-0.25, -0.2) is 0 Å². The van der Waals surface area contributed by atoms with Crippen molar-refractivity contribution < 1.29 is 4.79 Å². The molecule has 110 valence electrons. The quantitative estimate of drug-likeness (QED) is 0.806. The molecule has 6 nitrogen and oxygen atoms in total. The van der Waals surface area contributed by atoms with Gasteiger partial charge in [-0.3, -0.25) is 9.89 Å². The summed E-state index contributed by atoms with van der Waals surface area (Å²) in [5.41, 5.74) is 9.04. The molecule has 1 fully saturated rings. The number of nitrogen functional groups attached to an aromatic ring is 1. The van der Waals surface area contributed by atoms with Crippen molar-refractivity contribution in [3.05, 3.63) is 35.7 Å². The Morgan fingerprint density at radius 2 is 2.14 bits per heavy atom. The first-order valence-corrected chi connectivity index (χ1v) is 7.12. The average molecular weight is 285 g/mol. The van der Waals surface area contributed by atoms with Crippen LogP contribution in [0.3, 0.4) is 0 Å². The van der Waals surface area contributed by atoms with Crippen LogP contribution in [0.1, 0.15) is 29.0 Å². The van der Waals surface area contributed by atoms with E-state index in [0.717, 1.165) is 24.5 Å². The molecule has 0 bridgehead atoms. The van der Waals surface area contributed by atoms with Crippen LogP contribution in [0.15, 0.2) is 24.3 Å². The summed E-state index contributed by atoms with van der Waals surface area (Å²) >= 11 is 0. The first kappa shape index (κ1) is 13.5. The molecule has 0 unspecified atom stereocenters. The summed E-state index contributed by atoms with van der Waals surface area (Å²) in [7, 11) is 0. The van der Waals surface area contributed by atoms with Gasteiger partial charge in [0, 0.05) is 24.5 Å². The molecule has 6 heteroatoms. The van der Waals surface area contributed by atoms with Gasteiger partial charge in [0.2, 0.25) is 0 Å². The minimum atomic E-state index is -0.296. The highest BCUT2D eigenvalue weighted by Crippen LogP contribution is 2.24. The molecular formula is C15H19N5O. The van der Waals surface area contributed by atoms with Gasteiger partial charge >= 0.3 is 0 Å². The van der Waals surface area contributed by atoms with E-state index in [9.17, 15) is 4.79 Å². The maximum Gasteiger partial charge on any atom is 0.278 e. The molecule has 21 heavy (non-hydrogen) atoms. The Bertz CT molecular complexity index is 658. The summed E-state index contributed by atoms with van der Waals surface area (Å²) in [6.07, 6.45) is 2.44. The fourth-order valence-electron chi connectivity index (χ4n) is 2.56. The fraction of sp³-hybridized carbons (Fsp3) is 0.333. The zero-order valence-electron chi connectivity index (χ0n) is 12.0. The molecule has 1 aliphatic heterocycles. The van der Waals surface area contributed by atoms with Crippen LogP contribution in [0.2, 0.25) is 0 Å². The van der Waals surface area contributed by atoms with E-state index >= 15 is 0 Å². The number of hydrogen-bond donors (Lipinski definition) is 3. The van der Waals surface area contributed by atoms with Crippen molar-refractivity contribution in [2.45, 2.75) is 19.8 Å². The van der Waals surface area contributed by atoms with Gasteiger partial charge in [-0.1, -0.05) is 6.07 Å². The lowest BCUT2D eigenvalue weighted by Gasteiger charge is -2.18. The van der Waals surface area contributed by atoms with E-state index in [2.05, 4.69) is 26.5 Å². The number of rotatable bonds is 3. The summed E-state index contributed by atoms with van der Waals surface area (Å²) in [6.45, 7) is 3.93. The Morgan fingerprint density at radius 3 is 2.81 bits per heavy atom. The van der Waals surface area contributed by atoms with Crippen LogP contribution in [-0.4, -0.2) is 29.2 Å². The number of anilines is 3. The molecule has 0 spiro atoms. The highest BCUT2D eigenvalue weighted by Gasteiger charge is 2.16. The van der Waals surface area contributed by atoms with Gasteiger partial charge in [-0.05, 0) is 38.0 Å². The van der Waals surface area contributed by atoms with Gasteiger partial charge in [0.15, 0.2) is 5.69 Å². The number of hydrogen-bond acceptors (Lipinski definition) is 4. The van der Waals surface area contributed by atoms with Crippen molar-refractivity contribution in [2.24, 2.45) is 0 Å². The summed E-state index contributed by atoms with van der Waals surface area (Å²) in [5.74, 6) is -0.296. The van der Waals surface area contributed by atoms with Crippen LogP contribution in [0.5, 0.6) is 0 Å². The van der Waals surface area contributed by atoms with Crippen LogP contribution in [-0.2, 0) is 0 Å². The fourth-order valence-corrected chi connectivity index (χ4v) is 2.56. The molecule has 0 atom stereocenters. The van der Waals surface area contributed by atoms with Crippen molar-refractivity contribution in [1.82, 2.24) is 10.2 Å². The number of nitrogens with two attached hydrogens (primary N) is 1. The van der Waals surface area contributed by atoms with Gasteiger partial charge in [-0.15, -0.1) is 0 Å². The number of nitrogens with one attached hydrogen (secondary N) is 2. The standard InChI is InChI=1S/C15H19N5O/c1-10-13(16)14(19-18-10)15(21)17-11-5-4-6-12(9-11)20-7-2-3-8-20/h4-6,9H,2-3,7-8,16H2,1H3,(H,17,21)(H,18,19). The Balaban J connectivity index is 1.77. The Hall–Kier alpha value is -2.50. The van der Waals surface area contributed by atoms with Crippen molar-refractivity contribution in [3.63, 3.8) is 0 Å². The second kappa shape index (κ2) is 5.47. The van der Waals surface area contributed by atoms with Crippen LogP contribution < -0.4 is 16.0 Å². The highest BCUT2D eigenvalue weighted by atomic mass is 16.2. The summed E-state index contributed by atoms with van der Waals surface area (Å²) in [4.78, 5) is 14.5. The average Bonchev–Trinajstić information content (AvgIpc) is 3.11. The highest BCUT2D eigenvalue weighted by molar-refractivity contribution is 6.06. The van der Waals surface area contributed by atoms with Gasteiger partial charge in [0.25, 0.3) is 5.91 Å². The second-order valence-corrected chi connectivity index (χ2v) is 5.31. The monoisotopic (exact) mass is 285 g/mol. The zero-order valence-corrected chi connectivity index (χ0v) is 12.0. The van der Waals surface area contributed by atoms with Crippen molar-refractivity contribution in [1.29, 1.82) is 0 Å². The third kappa shape index (κ3) is 2.69. The molecule has 2 aromatic rings. The lowest BCUT2D eigenvalue weighted by Crippen LogP contribution is -2.18. The first-order chi connectivity index (χ1) is 10.1. The number of benzene rings is 1. The van der Waals surface area contributed by atoms with Crippen molar-refractivity contribution in [2.75, 3.05) is 29.0 Å². The Morgan fingerprint density at radius 1 is 1.38 bits per heavy atom.